The smallest absolute Gasteiger partial charge is 0.262 e. The molecule has 2 aromatic carbocycles. The summed E-state index contributed by atoms with van der Waals surface area (Å²) in [6.45, 7) is 3.37. The van der Waals surface area contributed by atoms with Crippen molar-refractivity contribution in [2.75, 3.05) is 11.8 Å². The van der Waals surface area contributed by atoms with E-state index in [0.717, 1.165) is 17.2 Å². The average molecular weight is 386 g/mol. The molecule has 0 aliphatic rings. The second-order valence-electron chi connectivity index (χ2n) is 6.13. The second kappa shape index (κ2) is 7.36. The molecule has 7 heteroatoms. The zero-order valence-electron chi connectivity index (χ0n) is 15.2. The third-order valence-electron chi connectivity index (χ3n) is 4.20. The summed E-state index contributed by atoms with van der Waals surface area (Å²) in [5.74, 6) is 0.0685. The van der Waals surface area contributed by atoms with E-state index in [9.17, 15) is 12.8 Å². The molecule has 0 aliphatic heterocycles. The Morgan fingerprint density at radius 2 is 1.74 bits per heavy atom. The molecule has 0 radical (unpaired) electrons. The van der Waals surface area contributed by atoms with E-state index >= 15 is 0 Å². The maximum absolute atomic E-state index is 13.8. The Hall–Kier alpha value is -2.93. The molecule has 0 bridgehead atoms. The highest BCUT2D eigenvalue weighted by atomic mass is 32.2. The highest BCUT2D eigenvalue weighted by Gasteiger charge is 2.17. The molecule has 0 fully saturated rings. The number of anilines is 1. The van der Waals surface area contributed by atoms with E-state index in [1.165, 1.54) is 12.1 Å². The number of hydrogen-bond donors (Lipinski definition) is 1. The Morgan fingerprint density at radius 1 is 1.00 bits per heavy atom. The van der Waals surface area contributed by atoms with E-state index in [0.29, 0.717) is 22.7 Å². The van der Waals surface area contributed by atoms with Gasteiger partial charge in [-0.1, -0.05) is 18.2 Å². The summed E-state index contributed by atoms with van der Waals surface area (Å²) >= 11 is 0. The third kappa shape index (κ3) is 4.09. The van der Waals surface area contributed by atoms with Crippen LogP contribution in [0.15, 0.2) is 59.6 Å². The number of aromatic nitrogens is 1. The molecule has 0 saturated heterocycles. The molecule has 5 nitrogen and oxygen atoms in total. The van der Waals surface area contributed by atoms with Gasteiger partial charge in [0, 0.05) is 5.56 Å². The maximum atomic E-state index is 13.8. The topological polar surface area (TPSA) is 68.3 Å². The zero-order valence-corrected chi connectivity index (χ0v) is 16.0. The van der Waals surface area contributed by atoms with Crippen molar-refractivity contribution in [3.05, 3.63) is 71.7 Å². The fraction of sp³-hybridized carbons (Fsp3) is 0.150. The minimum absolute atomic E-state index is 0.127. The Balaban J connectivity index is 1.95. The lowest BCUT2D eigenvalue weighted by atomic mass is 10.1. The lowest BCUT2D eigenvalue weighted by Gasteiger charge is -2.13. The minimum atomic E-state index is -3.92. The van der Waals surface area contributed by atoms with Gasteiger partial charge in [-0.3, -0.25) is 9.71 Å². The first-order chi connectivity index (χ1) is 12.8. The predicted molar refractivity (Wildman–Crippen MR) is 103 cm³/mol. The van der Waals surface area contributed by atoms with Gasteiger partial charge in [-0.2, -0.15) is 0 Å². The van der Waals surface area contributed by atoms with E-state index < -0.39 is 15.8 Å². The molecule has 1 heterocycles. The van der Waals surface area contributed by atoms with Gasteiger partial charge in [0.15, 0.2) is 0 Å². The molecule has 0 spiro atoms. The SMILES string of the molecule is COc1ccc(-c2ccc(C)c(NS(=O)(=O)c3ccc(C)c(F)c3)c2)nc1. The number of ether oxygens (including phenoxy) is 1. The number of rotatable bonds is 5. The first-order valence-electron chi connectivity index (χ1n) is 8.20. The fourth-order valence-electron chi connectivity index (χ4n) is 2.51. The summed E-state index contributed by atoms with van der Waals surface area (Å²) in [4.78, 5) is 4.19. The van der Waals surface area contributed by atoms with Crippen molar-refractivity contribution in [1.82, 2.24) is 4.98 Å². The van der Waals surface area contributed by atoms with Crippen molar-refractivity contribution in [3.63, 3.8) is 0 Å². The number of sulfonamides is 1. The molecule has 1 N–H and O–H groups in total. The zero-order chi connectivity index (χ0) is 19.6. The van der Waals surface area contributed by atoms with Crippen molar-refractivity contribution in [2.45, 2.75) is 18.7 Å². The highest BCUT2D eigenvalue weighted by Crippen LogP contribution is 2.27. The number of nitrogens with zero attached hydrogens (tertiary/aromatic N) is 1. The van der Waals surface area contributed by atoms with Crippen LogP contribution in [-0.4, -0.2) is 20.5 Å². The van der Waals surface area contributed by atoms with Crippen LogP contribution in [0.25, 0.3) is 11.3 Å². The van der Waals surface area contributed by atoms with Crippen LogP contribution < -0.4 is 9.46 Å². The van der Waals surface area contributed by atoms with E-state index in [2.05, 4.69) is 9.71 Å². The van der Waals surface area contributed by atoms with Crippen LogP contribution in [-0.2, 0) is 10.0 Å². The minimum Gasteiger partial charge on any atom is -0.495 e. The largest absolute Gasteiger partial charge is 0.495 e. The fourth-order valence-corrected chi connectivity index (χ4v) is 3.64. The van der Waals surface area contributed by atoms with Crippen LogP contribution in [0.5, 0.6) is 5.75 Å². The first kappa shape index (κ1) is 18.8. The van der Waals surface area contributed by atoms with Gasteiger partial charge in [0.2, 0.25) is 0 Å². The molecule has 27 heavy (non-hydrogen) atoms. The van der Waals surface area contributed by atoms with Crippen LogP contribution in [0.2, 0.25) is 0 Å². The number of hydrogen-bond acceptors (Lipinski definition) is 4. The normalized spacial score (nSPS) is 11.3. The van der Waals surface area contributed by atoms with Gasteiger partial charge < -0.3 is 4.74 Å². The molecule has 3 aromatic rings. The second-order valence-corrected chi connectivity index (χ2v) is 7.81. The van der Waals surface area contributed by atoms with Gasteiger partial charge in [0.25, 0.3) is 10.0 Å². The molecule has 0 atom stereocenters. The van der Waals surface area contributed by atoms with Crippen molar-refractivity contribution >= 4 is 15.7 Å². The van der Waals surface area contributed by atoms with Crippen LogP contribution >= 0.6 is 0 Å². The lowest BCUT2D eigenvalue weighted by molar-refractivity contribution is 0.413. The Kier molecular flexibility index (Phi) is 5.14. The molecule has 3 rings (SSSR count). The number of pyridine rings is 1. The molecule has 0 aliphatic carbocycles. The van der Waals surface area contributed by atoms with Crippen LogP contribution in [0.1, 0.15) is 11.1 Å². The van der Waals surface area contributed by atoms with E-state index in [1.54, 1.807) is 51.4 Å². The summed E-state index contributed by atoms with van der Waals surface area (Å²) in [5, 5.41) is 0. The third-order valence-corrected chi connectivity index (χ3v) is 5.57. The first-order valence-corrected chi connectivity index (χ1v) is 9.68. The number of aryl methyl sites for hydroxylation is 2. The summed E-state index contributed by atoms with van der Waals surface area (Å²) < 4.78 is 46.7. The summed E-state index contributed by atoms with van der Waals surface area (Å²) in [7, 11) is -2.36. The van der Waals surface area contributed by atoms with E-state index in [4.69, 9.17) is 4.74 Å². The van der Waals surface area contributed by atoms with Gasteiger partial charge in [0.1, 0.15) is 11.6 Å². The molecule has 0 saturated carbocycles. The predicted octanol–water partition coefficient (Wildman–Crippen LogP) is 4.31. The maximum Gasteiger partial charge on any atom is 0.262 e. The number of methoxy groups -OCH3 is 1. The van der Waals surface area contributed by atoms with Gasteiger partial charge in [-0.15, -0.1) is 0 Å². The summed E-state index contributed by atoms with van der Waals surface area (Å²) in [6, 6.07) is 12.8. The van der Waals surface area contributed by atoms with Crippen molar-refractivity contribution in [1.29, 1.82) is 0 Å². The number of benzene rings is 2. The van der Waals surface area contributed by atoms with Gasteiger partial charge in [-0.25, -0.2) is 12.8 Å². The van der Waals surface area contributed by atoms with Gasteiger partial charge in [-0.05, 0) is 55.3 Å². The van der Waals surface area contributed by atoms with Gasteiger partial charge in [0.05, 0.1) is 29.6 Å². The Labute approximate surface area is 157 Å². The molecular formula is C20H19FN2O3S. The van der Waals surface area contributed by atoms with Gasteiger partial charge >= 0.3 is 0 Å². The van der Waals surface area contributed by atoms with Crippen molar-refractivity contribution in [3.8, 4) is 17.0 Å². The lowest BCUT2D eigenvalue weighted by Crippen LogP contribution is -2.14. The van der Waals surface area contributed by atoms with Crippen molar-refractivity contribution in [2.24, 2.45) is 0 Å². The highest BCUT2D eigenvalue weighted by molar-refractivity contribution is 7.92. The van der Waals surface area contributed by atoms with Crippen LogP contribution in [0, 0.1) is 19.7 Å². The van der Waals surface area contributed by atoms with Crippen molar-refractivity contribution < 1.29 is 17.5 Å². The van der Waals surface area contributed by atoms with Crippen LogP contribution in [0.4, 0.5) is 10.1 Å². The number of halogens is 1. The Bertz CT molecular complexity index is 1080. The Morgan fingerprint density at radius 3 is 2.37 bits per heavy atom. The quantitative estimate of drug-likeness (QED) is 0.709. The standard InChI is InChI=1S/C20H19FN2O3S/c1-13-5-8-17(11-18(13)21)27(24,25)23-20-10-15(6-4-14(20)2)19-9-7-16(26-3)12-22-19/h4-12,23H,1-3H3. The van der Waals surface area contributed by atoms with E-state index in [1.807, 2.05) is 6.07 Å². The number of nitrogens with one attached hydrogen (secondary N) is 1. The summed E-state index contributed by atoms with van der Waals surface area (Å²) in [6.07, 6.45) is 1.59. The summed E-state index contributed by atoms with van der Waals surface area (Å²) in [5.41, 5.74) is 2.96. The molecule has 140 valence electrons. The van der Waals surface area contributed by atoms with E-state index in [-0.39, 0.29) is 4.90 Å². The monoisotopic (exact) mass is 386 g/mol. The van der Waals surface area contributed by atoms with Crippen LogP contribution in [0.3, 0.4) is 0 Å². The average Bonchev–Trinajstić information content (AvgIpc) is 2.65. The molecule has 1 aromatic heterocycles. The molecule has 0 unspecified atom stereocenters. The molecule has 0 amide bonds. The molecular weight excluding hydrogens is 367 g/mol.